The van der Waals surface area contributed by atoms with Crippen LogP contribution in [0, 0.1) is 6.92 Å². The predicted molar refractivity (Wildman–Crippen MR) is 121 cm³/mol. The molecule has 4 rings (SSSR count). The summed E-state index contributed by atoms with van der Waals surface area (Å²) in [6.45, 7) is 1.94. The van der Waals surface area contributed by atoms with Crippen molar-refractivity contribution in [1.82, 2.24) is 15.0 Å². The number of fused-ring (bicyclic) bond motifs is 1. The first-order valence-electron chi connectivity index (χ1n) is 9.46. The third-order valence-corrected chi connectivity index (χ3v) is 5.43. The molecule has 0 bridgehead atoms. The summed E-state index contributed by atoms with van der Waals surface area (Å²) >= 11 is 3.39. The van der Waals surface area contributed by atoms with Gasteiger partial charge in [-0.1, -0.05) is 28.1 Å². The van der Waals surface area contributed by atoms with Crippen molar-refractivity contribution >= 4 is 38.6 Å². The minimum atomic E-state index is -1.04. The number of carbonyl (C=O) groups is 1. The highest BCUT2D eigenvalue weighted by molar-refractivity contribution is 9.10. The van der Waals surface area contributed by atoms with Crippen molar-refractivity contribution in [1.29, 1.82) is 0 Å². The number of hydrogen-bond acceptors (Lipinski definition) is 5. The van der Waals surface area contributed by atoms with Crippen LogP contribution in [0.5, 0.6) is 0 Å². The lowest BCUT2D eigenvalue weighted by atomic mass is 10.1. The second kappa shape index (κ2) is 8.37. The molecule has 0 aliphatic carbocycles. The number of aliphatic hydroxyl groups excluding tert-OH is 1. The lowest BCUT2D eigenvalue weighted by Gasteiger charge is -2.15. The van der Waals surface area contributed by atoms with Gasteiger partial charge in [0.05, 0.1) is 28.4 Å². The van der Waals surface area contributed by atoms with Gasteiger partial charge in [0.25, 0.3) is 5.56 Å². The number of aromatic amines is 2. The van der Waals surface area contributed by atoms with Crippen LogP contribution in [0.1, 0.15) is 27.6 Å². The Bertz CT molecular complexity index is 1350. The standard InChI is InChI=1S/C22H19BrN4O4/c1-11-7-13(22(30)31)9-16-19(11)27-20(26-16)18-15(5-6-24-21(18)29)25-10-17(28)12-3-2-4-14(23)8-12/h2-9,17,28H,10H2,1H3,(H,26,27)(H,30,31)(H2,24,25,29). The van der Waals surface area contributed by atoms with Gasteiger partial charge in [-0.25, -0.2) is 9.78 Å². The molecule has 0 spiro atoms. The number of halogens is 1. The van der Waals surface area contributed by atoms with Crippen molar-refractivity contribution in [2.45, 2.75) is 13.0 Å². The normalized spacial score (nSPS) is 12.1. The molecule has 0 aliphatic rings. The minimum absolute atomic E-state index is 0.137. The summed E-state index contributed by atoms with van der Waals surface area (Å²) in [5.41, 5.74) is 3.07. The molecule has 9 heteroatoms. The van der Waals surface area contributed by atoms with Gasteiger partial charge in [-0.05, 0) is 48.4 Å². The number of carboxylic acids is 1. The molecule has 2 aromatic carbocycles. The number of aryl methyl sites for hydroxylation is 1. The molecule has 8 nitrogen and oxygen atoms in total. The van der Waals surface area contributed by atoms with Crippen LogP contribution in [0.4, 0.5) is 5.69 Å². The summed E-state index contributed by atoms with van der Waals surface area (Å²) in [5, 5.41) is 22.9. The Morgan fingerprint density at radius 1 is 1.26 bits per heavy atom. The topological polar surface area (TPSA) is 131 Å². The van der Waals surface area contributed by atoms with E-state index in [9.17, 15) is 19.8 Å². The molecule has 1 unspecified atom stereocenters. The highest BCUT2D eigenvalue weighted by Gasteiger charge is 2.17. The van der Waals surface area contributed by atoms with Crippen LogP contribution >= 0.6 is 15.9 Å². The largest absolute Gasteiger partial charge is 0.478 e. The molecule has 31 heavy (non-hydrogen) atoms. The second-order valence-corrected chi connectivity index (χ2v) is 8.04. The molecule has 158 valence electrons. The van der Waals surface area contributed by atoms with E-state index in [0.29, 0.717) is 28.1 Å². The van der Waals surface area contributed by atoms with Crippen LogP contribution < -0.4 is 10.9 Å². The quantitative estimate of drug-likeness (QED) is 0.283. The Morgan fingerprint density at radius 2 is 2.06 bits per heavy atom. The van der Waals surface area contributed by atoms with Crippen molar-refractivity contribution in [2.24, 2.45) is 0 Å². The number of nitrogens with one attached hydrogen (secondary N) is 3. The second-order valence-electron chi connectivity index (χ2n) is 7.13. The lowest BCUT2D eigenvalue weighted by molar-refractivity contribution is 0.0697. The molecular formula is C22H19BrN4O4. The number of pyridine rings is 1. The van der Waals surface area contributed by atoms with E-state index in [0.717, 1.165) is 10.0 Å². The third-order valence-electron chi connectivity index (χ3n) is 4.94. The zero-order valence-electron chi connectivity index (χ0n) is 16.4. The van der Waals surface area contributed by atoms with E-state index in [4.69, 9.17) is 0 Å². The molecule has 4 aromatic rings. The van der Waals surface area contributed by atoms with Crippen LogP contribution in [0.15, 0.2) is 57.9 Å². The number of H-pyrrole nitrogens is 2. The number of carboxylic acid groups (broad SMARTS) is 1. The average Bonchev–Trinajstić information content (AvgIpc) is 3.16. The number of rotatable bonds is 6. The molecule has 0 fully saturated rings. The highest BCUT2D eigenvalue weighted by Crippen LogP contribution is 2.27. The van der Waals surface area contributed by atoms with Gasteiger partial charge in [-0.3, -0.25) is 4.79 Å². The SMILES string of the molecule is Cc1cc(C(=O)O)cc2[nH]c(-c3c(NCC(O)c4cccc(Br)c4)cc[nH]c3=O)nc12. The first-order chi connectivity index (χ1) is 14.8. The van der Waals surface area contributed by atoms with Crippen LogP contribution in [0.3, 0.4) is 0 Å². The zero-order chi connectivity index (χ0) is 22.1. The molecule has 0 saturated carbocycles. The van der Waals surface area contributed by atoms with Crippen LogP contribution in [-0.4, -0.2) is 37.7 Å². The average molecular weight is 483 g/mol. The fourth-order valence-corrected chi connectivity index (χ4v) is 3.85. The molecule has 0 amide bonds. The molecule has 2 aromatic heterocycles. The van der Waals surface area contributed by atoms with Gasteiger partial charge >= 0.3 is 5.97 Å². The van der Waals surface area contributed by atoms with E-state index in [-0.39, 0.29) is 23.2 Å². The molecule has 5 N–H and O–H groups in total. The highest BCUT2D eigenvalue weighted by atomic mass is 79.9. The van der Waals surface area contributed by atoms with Gasteiger partial charge in [0.1, 0.15) is 11.4 Å². The Labute approximate surface area is 185 Å². The van der Waals surface area contributed by atoms with Crippen LogP contribution in [-0.2, 0) is 0 Å². The number of aromatic carboxylic acids is 1. The van der Waals surface area contributed by atoms with Gasteiger partial charge in [0, 0.05) is 17.2 Å². The molecule has 0 saturated heterocycles. The van der Waals surface area contributed by atoms with Gasteiger partial charge in [0.2, 0.25) is 0 Å². The summed E-state index contributed by atoms with van der Waals surface area (Å²) in [7, 11) is 0. The lowest BCUT2D eigenvalue weighted by Crippen LogP contribution is -2.17. The molecular weight excluding hydrogens is 464 g/mol. The Balaban J connectivity index is 1.69. The van der Waals surface area contributed by atoms with E-state index in [1.54, 1.807) is 13.0 Å². The Kier molecular flexibility index (Phi) is 5.62. The van der Waals surface area contributed by atoms with Crippen LogP contribution in [0.2, 0.25) is 0 Å². The van der Waals surface area contributed by atoms with Gasteiger partial charge < -0.3 is 25.5 Å². The number of aliphatic hydroxyl groups is 1. The first-order valence-corrected chi connectivity index (χ1v) is 10.3. The summed E-state index contributed by atoms with van der Waals surface area (Å²) in [5.74, 6) is -0.732. The maximum Gasteiger partial charge on any atom is 0.335 e. The van der Waals surface area contributed by atoms with Crippen molar-refractivity contribution in [3.8, 4) is 11.4 Å². The van der Waals surface area contributed by atoms with Crippen LogP contribution in [0.25, 0.3) is 22.4 Å². The van der Waals surface area contributed by atoms with Crippen molar-refractivity contribution in [2.75, 3.05) is 11.9 Å². The van der Waals surface area contributed by atoms with E-state index >= 15 is 0 Å². The zero-order valence-corrected chi connectivity index (χ0v) is 18.0. The maximum atomic E-state index is 12.6. The van der Waals surface area contributed by atoms with Crippen molar-refractivity contribution < 1.29 is 15.0 Å². The van der Waals surface area contributed by atoms with E-state index in [1.165, 1.54) is 18.3 Å². The number of hydrogen-bond donors (Lipinski definition) is 5. The van der Waals surface area contributed by atoms with E-state index in [1.807, 2.05) is 24.3 Å². The Hall–Kier alpha value is -3.43. The molecule has 1 atom stereocenters. The number of benzene rings is 2. The van der Waals surface area contributed by atoms with Crippen molar-refractivity contribution in [3.63, 3.8) is 0 Å². The monoisotopic (exact) mass is 482 g/mol. The van der Waals surface area contributed by atoms with Gasteiger partial charge in [0.15, 0.2) is 0 Å². The fraction of sp³-hybridized carbons (Fsp3) is 0.136. The number of nitrogens with zero attached hydrogens (tertiary/aromatic N) is 1. The van der Waals surface area contributed by atoms with E-state index in [2.05, 4.69) is 36.2 Å². The summed E-state index contributed by atoms with van der Waals surface area (Å²) in [6, 6.07) is 12.1. The summed E-state index contributed by atoms with van der Waals surface area (Å²) < 4.78 is 0.860. The number of aromatic nitrogens is 3. The first kappa shape index (κ1) is 20.8. The minimum Gasteiger partial charge on any atom is -0.478 e. The molecule has 0 aliphatic heterocycles. The number of anilines is 1. The molecule has 2 heterocycles. The third kappa shape index (κ3) is 4.23. The summed E-state index contributed by atoms with van der Waals surface area (Å²) in [4.78, 5) is 34.2. The van der Waals surface area contributed by atoms with Crippen molar-refractivity contribution in [3.05, 3.63) is 80.2 Å². The Morgan fingerprint density at radius 3 is 2.81 bits per heavy atom. The fourth-order valence-electron chi connectivity index (χ4n) is 3.43. The predicted octanol–water partition coefficient (Wildman–Crippen LogP) is 3.83. The maximum absolute atomic E-state index is 12.6. The smallest absolute Gasteiger partial charge is 0.335 e. The van der Waals surface area contributed by atoms with Gasteiger partial charge in [-0.15, -0.1) is 0 Å². The van der Waals surface area contributed by atoms with E-state index < -0.39 is 12.1 Å². The summed E-state index contributed by atoms with van der Waals surface area (Å²) in [6.07, 6.45) is 0.719. The number of imidazole rings is 1. The van der Waals surface area contributed by atoms with Gasteiger partial charge in [-0.2, -0.15) is 0 Å². The molecule has 0 radical (unpaired) electrons.